The Balaban J connectivity index is 2.55. The zero-order valence-corrected chi connectivity index (χ0v) is 12.5. The summed E-state index contributed by atoms with van der Waals surface area (Å²) in [5, 5.41) is 10.6. The second-order valence-electron chi connectivity index (χ2n) is 4.83. The van der Waals surface area contributed by atoms with Crippen LogP contribution >= 0.6 is 0 Å². The topological polar surface area (TPSA) is 59.0 Å². The van der Waals surface area contributed by atoms with Gasteiger partial charge in [0.2, 0.25) is 5.91 Å². The van der Waals surface area contributed by atoms with E-state index >= 15 is 0 Å². The van der Waals surface area contributed by atoms with E-state index in [1.807, 2.05) is 11.6 Å². The van der Waals surface area contributed by atoms with Crippen LogP contribution in [0.15, 0.2) is 0 Å². The standard InChI is InChI=1S/C14H26N4O/c1-5-8-16-10-13-11(2)17-18(12(13)3)9-6-7-14(19)15-4/h16H,5-10H2,1-4H3,(H,15,19). The van der Waals surface area contributed by atoms with Crippen molar-refractivity contribution in [3.05, 3.63) is 17.0 Å². The Bertz CT molecular complexity index is 412. The first kappa shape index (κ1) is 15.7. The van der Waals surface area contributed by atoms with E-state index < -0.39 is 0 Å². The van der Waals surface area contributed by atoms with Crippen LogP contribution in [0.2, 0.25) is 0 Å². The first-order valence-corrected chi connectivity index (χ1v) is 7.04. The molecule has 0 saturated carbocycles. The molecule has 1 aromatic heterocycles. The zero-order chi connectivity index (χ0) is 14.3. The molecule has 0 aliphatic carbocycles. The van der Waals surface area contributed by atoms with Crippen molar-refractivity contribution in [3.8, 4) is 0 Å². The van der Waals surface area contributed by atoms with Gasteiger partial charge in [0.15, 0.2) is 0 Å². The number of nitrogens with zero attached hydrogens (tertiary/aromatic N) is 2. The summed E-state index contributed by atoms with van der Waals surface area (Å²) in [5.74, 6) is 0.0892. The van der Waals surface area contributed by atoms with Crippen molar-refractivity contribution in [1.29, 1.82) is 0 Å². The number of hydrogen-bond acceptors (Lipinski definition) is 3. The predicted octanol–water partition coefficient (Wildman–Crippen LogP) is 1.53. The molecular weight excluding hydrogens is 240 g/mol. The van der Waals surface area contributed by atoms with Gasteiger partial charge in [0.05, 0.1) is 5.69 Å². The van der Waals surface area contributed by atoms with Gasteiger partial charge in [-0.25, -0.2) is 0 Å². The van der Waals surface area contributed by atoms with E-state index in [0.29, 0.717) is 6.42 Å². The monoisotopic (exact) mass is 266 g/mol. The number of carbonyl (C=O) groups is 1. The highest BCUT2D eigenvalue weighted by molar-refractivity contribution is 5.75. The third-order valence-electron chi connectivity index (χ3n) is 3.31. The van der Waals surface area contributed by atoms with Gasteiger partial charge in [-0.3, -0.25) is 9.48 Å². The van der Waals surface area contributed by atoms with E-state index in [9.17, 15) is 4.79 Å². The average Bonchev–Trinajstić information content (AvgIpc) is 2.66. The highest BCUT2D eigenvalue weighted by atomic mass is 16.1. The van der Waals surface area contributed by atoms with Crippen LogP contribution < -0.4 is 10.6 Å². The van der Waals surface area contributed by atoms with Crippen molar-refractivity contribution < 1.29 is 4.79 Å². The predicted molar refractivity (Wildman–Crippen MR) is 77.0 cm³/mol. The summed E-state index contributed by atoms with van der Waals surface area (Å²) < 4.78 is 2.02. The lowest BCUT2D eigenvalue weighted by Crippen LogP contribution is -2.18. The van der Waals surface area contributed by atoms with Gasteiger partial charge in [-0.15, -0.1) is 0 Å². The lowest BCUT2D eigenvalue weighted by molar-refractivity contribution is -0.120. The van der Waals surface area contributed by atoms with E-state index in [1.165, 1.54) is 11.3 Å². The molecule has 0 aromatic carbocycles. The van der Waals surface area contributed by atoms with Crippen LogP contribution in [0.3, 0.4) is 0 Å². The molecule has 1 rings (SSSR count). The van der Waals surface area contributed by atoms with Gasteiger partial charge in [0, 0.05) is 37.8 Å². The summed E-state index contributed by atoms with van der Waals surface area (Å²) in [5.41, 5.74) is 3.58. The second kappa shape index (κ2) is 7.94. The third kappa shape index (κ3) is 4.67. The van der Waals surface area contributed by atoms with Gasteiger partial charge in [-0.05, 0) is 33.2 Å². The Labute approximate surface area is 115 Å². The van der Waals surface area contributed by atoms with Crippen LogP contribution in [0.5, 0.6) is 0 Å². The molecular formula is C14H26N4O. The van der Waals surface area contributed by atoms with E-state index in [4.69, 9.17) is 0 Å². The van der Waals surface area contributed by atoms with Gasteiger partial charge >= 0.3 is 0 Å². The lowest BCUT2D eigenvalue weighted by Gasteiger charge is -2.06. The van der Waals surface area contributed by atoms with Gasteiger partial charge in [0.1, 0.15) is 0 Å². The summed E-state index contributed by atoms with van der Waals surface area (Å²) in [6, 6.07) is 0. The SMILES string of the molecule is CCCNCc1c(C)nn(CCCC(=O)NC)c1C. The Morgan fingerprint density at radius 3 is 2.74 bits per heavy atom. The molecule has 0 fully saturated rings. The molecule has 19 heavy (non-hydrogen) atoms. The molecule has 1 heterocycles. The first-order chi connectivity index (χ1) is 9.10. The first-order valence-electron chi connectivity index (χ1n) is 7.04. The number of nitrogens with one attached hydrogen (secondary N) is 2. The van der Waals surface area contributed by atoms with Crippen LogP contribution in [0.1, 0.15) is 43.1 Å². The molecule has 0 bridgehead atoms. The fourth-order valence-corrected chi connectivity index (χ4v) is 2.11. The molecule has 0 radical (unpaired) electrons. The molecule has 1 aromatic rings. The molecule has 0 unspecified atom stereocenters. The number of hydrogen-bond donors (Lipinski definition) is 2. The second-order valence-corrected chi connectivity index (χ2v) is 4.83. The minimum Gasteiger partial charge on any atom is -0.359 e. The fourth-order valence-electron chi connectivity index (χ4n) is 2.11. The molecule has 5 heteroatoms. The summed E-state index contributed by atoms with van der Waals surface area (Å²) in [6.45, 7) is 9.01. The van der Waals surface area contributed by atoms with Gasteiger partial charge in [0.25, 0.3) is 0 Å². The van der Waals surface area contributed by atoms with Crippen molar-refractivity contribution >= 4 is 5.91 Å². The number of aromatic nitrogens is 2. The van der Waals surface area contributed by atoms with Crippen molar-refractivity contribution in [1.82, 2.24) is 20.4 Å². The van der Waals surface area contributed by atoms with E-state index in [-0.39, 0.29) is 5.91 Å². The van der Waals surface area contributed by atoms with Gasteiger partial charge < -0.3 is 10.6 Å². The zero-order valence-electron chi connectivity index (χ0n) is 12.5. The quantitative estimate of drug-likeness (QED) is 0.702. The number of aryl methyl sites for hydroxylation is 2. The van der Waals surface area contributed by atoms with Crippen LogP contribution in [0.25, 0.3) is 0 Å². The number of rotatable bonds is 8. The van der Waals surface area contributed by atoms with Gasteiger partial charge in [-0.1, -0.05) is 6.92 Å². The third-order valence-corrected chi connectivity index (χ3v) is 3.31. The lowest BCUT2D eigenvalue weighted by atomic mass is 10.2. The summed E-state index contributed by atoms with van der Waals surface area (Å²) >= 11 is 0. The summed E-state index contributed by atoms with van der Waals surface area (Å²) in [7, 11) is 1.67. The summed E-state index contributed by atoms with van der Waals surface area (Å²) in [6.07, 6.45) is 2.51. The van der Waals surface area contributed by atoms with Crippen molar-refractivity contribution in [2.24, 2.45) is 0 Å². The van der Waals surface area contributed by atoms with Crippen LogP contribution in [0, 0.1) is 13.8 Å². The smallest absolute Gasteiger partial charge is 0.219 e. The van der Waals surface area contributed by atoms with Crippen LogP contribution in [-0.2, 0) is 17.9 Å². The number of carbonyl (C=O) groups excluding carboxylic acids is 1. The minimum atomic E-state index is 0.0892. The van der Waals surface area contributed by atoms with E-state index in [0.717, 1.165) is 38.2 Å². The molecule has 0 spiro atoms. The molecule has 0 aliphatic rings. The van der Waals surface area contributed by atoms with Crippen LogP contribution in [-0.4, -0.2) is 29.3 Å². The Hall–Kier alpha value is -1.36. The van der Waals surface area contributed by atoms with E-state index in [2.05, 4.69) is 29.6 Å². The maximum atomic E-state index is 11.2. The average molecular weight is 266 g/mol. The highest BCUT2D eigenvalue weighted by Gasteiger charge is 2.11. The van der Waals surface area contributed by atoms with Crippen LogP contribution in [0.4, 0.5) is 0 Å². The van der Waals surface area contributed by atoms with Crippen molar-refractivity contribution in [2.75, 3.05) is 13.6 Å². The minimum absolute atomic E-state index is 0.0892. The molecule has 0 saturated heterocycles. The molecule has 2 N–H and O–H groups in total. The van der Waals surface area contributed by atoms with Crippen molar-refractivity contribution in [3.63, 3.8) is 0 Å². The molecule has 0 atom stereocenters. The number of amides is 1. The van der Waals surface area contributed by atoms with Crippen molar-refractivity contribution in [2.45, 2.75) is 53.1 Å². The summed E-state index contributed by atoms with van der Waals surface area (Å²) in [4.78, 5) is 11.2. The normalized spacial score (nSPS) is 10.7. The Morgan fingerprint density at radius 1 is 1.37 bits per heavy atom. The van der Waals surface area contributed by atoms with Gasteiger partial charge in [-0.2, -0.15) is 5.10 Å². The molecule has 0 aliphatic heterocycles. The maximum absolute atomic E-state index is 11.2. The largest absolute Gasteiger partial charge is 0.359 e. The Morgan fingerprint density at radius 2 is 2.11 bits per heavy atom. The van der Waals surface area contributed by atoms with E-state index in [1.54, 1.807) is 7.05 Å². The maximum Gasteiger partial charge on any atom is 0.219 e. The fraction of sp³-hybridized carbons (Fsp3) is 0.714. The molecule has 108 valence electrons. The molecule has 5 nitrogen and oxygen atoms in total. The molecule has 1 amide bonds. The highest BCUT2D eigenvalue weighted by Crippen LogP contribution is 2.13. The Kier molecular flexibility index (Phi) is 6.56.